The molecule has 2 saturated heterocycles. The number of nitrogens with one attached hydrogen (secondary N) is 1. The van der Waals surface area contributed by atoms with Gasteiger partial charge in [-0.05, 0) is 44.2 Å². The van der Waals surface area contributed by atoms with E-state index in [1.54, 1.807) is 10.9 Å². The molecule has 3 heterocycles. The molecular weight excluding hydrogens is 240 g/mol. The minimum atomic E-state index is 0.196. The summed E-state index contributed by atoms with van der Waals surface area (Å²) in [5, 5.41) is 7.68. The van der Waals surface area contributed by atoms with Crippen LogP contribution in [-0.4, -0.2) is 46.3 Å². The lowest BCUT2D eigenvalue weighted by Crippen LogP contribution is -2.44. The molecule has 2 aliphatic rings. The van der Waals surface area contributed by atoms with E-state index >= 15 is 0 Å². The third kappa shape index (κ3) is 2.97. The van der Waals surface area contributed by atoms with E-state index in [2.05, 4.69) is 10.4 Å². The second-order valence-corrected chi connectivity index (χ2v) is 5.62. The summed E-state index contributed by atoms with van der Waals surface area (Å²) in [6.45, 7) is 3.36. The predicted octanol–water partition coefficient (Wildman–Crippen LogP) is 0.874. The van der Waals surface area contributed by atoms with Crippen molar-refractivity contribution in [3.63, 3.8) is 0 Å². The first-order chi connectivity index (χ1) is 9.33. The van der Waals surface area contributed by atoms with Gasteiger partial charge in [0.2, 0.25) is 5.91 Å². The average molecular weight is 262 g/mol. The van der Waals surface area contributed by atoms with Crippen LogP contribution in [0.1, 0.15) is 25.7 Å². The highest BCUT2D eigenvalue weighted by molar-refractivity contribution is 5.75. The second-order valence-electron chi connectivity index (χ2n) is 5.62. The standard InChI is InChI=1S/C14H22N4O/c19-14(11-18-8-2-7-16-18)17-9-4-12(5-10-17)13-3-1-6-15-13/h2,7-8,12-13,15H,1,3-6,9-11H2. The molecule has 1 unspecified atom stereocenters. The second kappa shape index (κ2) is 5.74. The summed E-state index contributed by atoms with van der Waals surface area (Å²) in [7, 11) is 0. The van der Waals surface area contributed by atoms with Crippen molar-refractivity contribution in [2.75, 3.05) is 19.6 Å². The Kier molecular flexibility index (Phi) is 3.82. The van der Waals surface area contributed by atoms with Crippen LogP contribution in [0, 0.1) is 5.92 Å². The highest BCUT2D eigenvalue weighted by atomic mass is 16.2. The fourth-order valence-electron chi connectivity index (χ4n) is 3.30. The highest BCUT2D eigenvalue weighted by Crippen LogP contribution is 2.25. The lowest BCUT2D eigenvalue weighted by molar-refractivity contribution is -0.133. The van der Waals surface area contributed by atoms with Crippen molar-refractivity contribution in [1.82, 2.24) is 20.0 Å². The molecule has 0 bridgehead atoms. The van der Waals surface area contributed by atoms with Gasteiger partial charge in [0.1, 0.15) is 6.54 Å². The Bertz CT molecular complexity index is 403. The number of aromatic nitrogens is 2. The molecule has 1 amide bonds. The van der Waals surface area contributed by atoms with Crippen molar-refractivity contribution in [1.29, 1.82) is 0 Å². The quantitative estimate of drug-likeness (QED) is 0.879. The normalized spacial score (nSPS) is 24.8. The number of piperidine rings is 1. The Morgan fingerprint density at radius 3 is 2.79 bits per heavy atom. The minimum absolute atomic E-state index is 0.196. The maximum atomic E-state index is 12.1. The first-order valence-electron chi connectivity index (χ1n) is 7.31. The van der Waals surface area contributed by atoms with Crippen molar-refractivity contribution in [3.8, 4) is 0 Å². The molecule has 104 valence electrons. The number of likely N-dealkylation sites (tertiary alicyclic amines) is 1. The van der Waals surface area contributed by atoms with Gasteiger partial charge in [0.05, 0.1) is 0 Å². The summed E-state index contributed by atoms with van der Waals surface area (Å²) in [6, 6.07) is 2.55. The number of carbonyl (C=O) groups is 1. The molecule has 1 aromatic heterocycles. The maximum Gasteiger partial charge on any atom is 0.244 e. The Morgan fingerprint density at radius 2 is 2.16 bits per heavy atom. The van der Waals surface area contributed by atoms with Crippen LogP contribution < -0.4 is 5.32 Å². The van der Waals surface area contributed by atoms with Gasteiger partial charge in [-0.2, -0.15) is 5.10 Å². The zero-order chi connectivity index (χ0) is 13.1. The van der Waals surface area contributed by atoms with E-state index in [0.29, 0.717) is 12.6 Å². The van der Waals surface area contributed by atoms with Crippen LogP contribution in [0.15, 0.2) is 18.5 Å². The Labute approximate surface area is 114 Å². The van der Waals surface area contributed by atoms with E-state index in [9.17, 15) is 4.79 Å². The summed E-state index contributed by atoms with van der Waals surface area (Å²) in [5.74, 6) is 0.956. The number of hydrogen-bond donors (Lipinski definition) is 1. The third-order valence-electron chi connectivity index (χ3n) is 4.42. The Hall–Kier alpha value is -1.36. The minimum Gasteiger partial charge on any atom is -0.341 e. The number of amides is 1. The fraction of sp³-hybridized carbons (Fsp3) is 0.714. The molecule has 0 saturated carbocycles. The van der Waals surface area contributed by atoms with Crippen LogP contribution >= 0.6 is 0 Å². The summed E-state index contributed by atoms with van der Waals surface area (Å²) >= 11 is 0. The van der Waals surface area contributed by atoms with Gasteiger partial charge in [-0.25, -0.2) is 0 Å². The summed E-state index contributed by atoms with van der Waals surface area (Å²) in [6.07, 6.45) is 8.46. The van der Waals surface area contributed by atoms with Gasteiger partial charge in [-0.3, -0.25) is 9.48 Å². The van der Waals surface area contributed by atoms with Gasteiger partial charge in [-0.1, -0.05) is 0 Å². The van der Waals surface area contributed by atoms with E-state index in [4.69, 9.17) is 0 Å². The molecule has 5 nitrogen and oxygen atoms in total. The largest absolute Gasteiger partial charge is 0.341 e. The number of carbonyl (C=O) groups excluding carboxylic acids is 1. The van der Waals surface area contributed by atoms with Gasteiger partial charge in [-0.15, -0.1) is 0 Å². The monoisotopic (exact) mass is 262 g/mol. The fourth-order valence-corrected chi connectivity index (χ4v) is 3.30. The molecule has 1 N–H and O–H groups in total. The SMILES string of the molecule is O=C(Cn1cccn1)N1CCC(C2CCCN2)CC1. The van der Waals surface area contributed by atoms with Crippen LogP contribution in [0.4, 0.5) is 0 Å². The molecule has 0 radical (unpaired) electrons. The molecule has 2 fully saturated rings. The molecule has 2 aliphatic heterocycles. The van der Waals surface area contributed by atoms with E-state index in [-0.39, 0.29) is 5.91 Å². The van der Waals surface area contributed by atoms with Crippen molar-refractivity contribution in [3.05, 3.63) is 18.5 Å². The smallest absolute Gasteiger partial charge is 0.244 e. The van der Waals surface area contributed by atoms with E-state index in [1.165, 1.54) is 19.4 Å². The molecule has 19 heavy (non-hydrogen) atoms. The van der Waals surface area contributed by atoms with E-state index < -0.39 is 0 Å². The zero-order valence-electron chi connectivity index (χ0n) is 11.3. The number of rotatable bonds is 3. The lowest BCUT2D eigenvalue weighted by Gasteiger charge is -2.34. The first-order valence-corrected chi connectivity index (χ1v) is 7.31. The highest BCUT2D eigenvalue weighted by Gasteiger charge is 2.29. The van der Waals surface area contributed by atoms with Crippen LogP contribution in [0.3, 0.4) is 0 Å². The molecule has 0 aliphatic carbocycles. The van der Waals surface area contributed by atoms with Gasteiger partial charge in [0, 0.05) is 31.5 Å². The van der Waals surface area contributed by atoms with Gasteiger partial charge < -0.3 is 10.2 Å². The molecule has 3 rings (SSSR count). The lowest BCUT2D eigenvalue weighted by atomic mass is 9.88. The molecule has 5 heteroatoms. The van der Waals surface area contributed by atoms with Crippen molar-refractivity contribution in [2.24, 2.45) is 5.92 Å². The number of nitrogens with zero attached hydrogens (tertiary/aromatic N) is 3. The zero-order valence-corrected chi connectivity index (χ0v) is 11.3. The molecule has 0 aromatic carbocycles. The molecular formula is C14H22N4O. The van der Waals surface area contributed by atoms with Crippen molar-refractivity contribution >= 4 is 5.91 Å². The van der Waals surface area contributed by atoms with Gasteiger partial charge in [0.15, 0.2) is 0 Å². The van der Waals surface area contributed by atoms with Crippen molar-refractivity contribution in [2.45, 2.75) is 38.3 Å². The van der Waals surface area contributed by atoms with Crippen LogP contribution in [-0.2, 0) is 11.3 Å². The molecule has 0 spiro atoms. The van der Waals surface area contributed by atoms with Gasteiger partial charge >= 0.3 is 0 Å². The van der Waals surface area contributed by atoms with E-state index in [0.717, 1.165) is 31.8 Å². The maximum absolute atomic E-state index is 12.1. The summed E-state index contributed by atoms with van der Waals surface area (Å²) in [4.78, 5) is 14.1. The first kappa shape index (κ1) is 12.7. The van der Waals surface area contributed by atoms with Crippen LogP contribution in [0.2, 0.25) is 0 Å². The average Bonchev–Trinajstić information content (AvgIpc) is 3.12. The summed E-state index contributed by atoms with van der Waals surface area (Å²) in [5.41, 5.74) is 0. The molecule has 1 atom stereocenters. The van der Waals surface area contributed by atoms with Gasteiger partial charge in [0.25, 0.3) is 0 Å². The van der Waals surface area contributed by atoms with Crippen LogP contribution in [0.5, 0.6) is 0 Å². The molecule has 1 aromatic rings. The van der Waals surface area contributed by atoms with E-state index in [1.807, 2.05) is 17.2 Å². The number of hydrogen-bond acceptors (Lipinski definition) is 3. The Balaban J connectivity index is 1.48. The van der Waals surface area contributed by atoms with Crippen molar-refractivity contribution < 1.29 is 4.79 Å². The topological polar surface area (TPSA) is 50.2 Å². The van der Waals surface area contributed by atoms with Crippen LogP contribution in [0.25, 0.3) is 0 Å². The predicted molar refractivity (Wildman–Crippen MR) is 72.6 cm³/mol. The Morgan fingerprint density at radius 1 is 1.32 bits per heavy atom. The third-order valence-corrected chi connectivity index (χ3v) is 4.42. The summed E-state index contributed by atoms with van der Waals surface area (Å²) < 4.78 is 1.70.